The van der Waals surface area contributed by atoms with Crippen molar-refractivity contribution in [1.82, 2.24) is 9.97 Å². The molecule has 1 aromatic heterocycles. The maximum absolute atomic E-state index is 5.84. The minimum atomic E-state index is 0.318. The fourth-order valence-corrected chi connectivity index (χ4v) is 2.97. The van der Waals surface area contributed by atoms with Crippen molar-refractivity contribution in [3.8, 4) is 0 Å². The van der Waals surface area contributed by atoms with Crippen molar-refractivity contribution in [2.75, 3.05) is 18.0 Å². The number of aromatic nitrogens is 2. The zero-order valence-corrected chi connectivity index (χ0v) is 12.3. The standard InChI is InChI=1S/C12H17BrClN3/c1-2-3-9-4-6-17(7-5-9)11-10(13)8-15-12(14)16-11/h8-9H,2-7H2,1H3. The van der Waals surface area contributed by atoms with Gasteiger partial charge in [0.2, 0.25) is 5.28 Å². The van der Waals surface area contributed by atoms with E-state index in [0.29, 0.717) is 5.28 Å². The number of rotatable bonds is 3. The van der Waals surface area contributed by atoms with E-state index in [1.807, 2.05) is 0 Å². The lowest BCUT2D eigenvalue weighted by molar-refractivity contribution is 0.377. The number of piperidine rings is 1. The van der Waals surface area contributed by atoms with E-state index in [1.165, 1.54) is 25.7 Å². The highest BCUT2D eigenvalue weighted by Gasteiger charge is 2.21. The van der Waals surface area contributed by atoms with Gasteiger partial charge in [-0.1, -0.05) is 19.8 Å². The molecule has 1 aromatic rings. The minimum Gasteiger partial charge on any atom is -0.356 e. The normalized spacial score (nSPS) is 17.5. The van der Waals surface area contributed by atoms with Gasteiger partial charge in [-0.3, -0.25) is 0 Å². The molecule has 0 amide bonds. The maximum atomic E-state index is 5.84. The second kappa shape index (κ2) is 6.01. The van der Waals surface area contributed by atoms with Crippen LogP contribution >= 0.6 is 27.5 Å². The van der Waals surface area contributed by atoms with Gasteiger partial charge in [-0.25, -0.2) is 4.98 Å². The maximum Gasteiger partial charge on any atom is 0.224 e. The molecule has 94 valence electrons. The van der Waals surface area contributed by atoms with Crippen LogP contribution in [0.5, 0.6) is 0 Å². The van der Waals surface area contributed by atoms with Crippen molar-refractivity contribution in [2.24, 2.45) is 5.92 Å². The number of halogens is 2. The summed E-state index contributed by atoms with van der Waals surface area (Å²) in [5.41, 5.74) is 0. The van der Waals surface area contributed by atoms with E-state index in [0.717, 1.165) is 29.3 Å². The van der Waals surface area contributed by atoms with E-state index in [9.17, 15) is 0 Å². The third kappa shape index (κ3) is 3.32. The van der Waals surface area contributed by atoms with Crippen molar-refractivity contribution < 1.29 is 0 Å². The summed E-state index contributed by atoms with van der Waals surface area (Å²) in [6.45, 7) is 4.39. The van der Waals surface area contributed by atoms with E-state index in [4.69, 9.17) is 11.6 Å². The van der Waals surface area contributed by atoms with Gasteiger partial charge in [-0.2, -0.15) is 4.98 Å². The Labute approximate surface area is 116 Å². The predicted molar refractivity (Wildman–Crippen MR) is 74.6 cm³/mol. The van der Waals surface area contributed by atoms with Crippen LogP contribution in [0.3, 0.4) is 0 Å². The lowest BCUT2D eigenvalue weighted by Crippen LogP contribution is -2.34. The second-order valence-electron chi connectivity index (χ2n) is 4.53. The van der Waals surface area contributed by atoms with Crippen LogP contribution in [0.2, 0.25) is 5.28 Å². The van der Waals surface area contributed by atoms with Crippen molar-refractivity contribution >= 4 is 33.3 Å². The predicted octanol–water partition coefficient (Wildman–Crippen LogP) is 3.91. The molecule has 0 aromatic carbocycles. The number of hydrogen-bond donors (Lipinski definition) is 0. The summed E-state index contributed by atoms with van der Waals surface area (Å²) in [6.07, 6.45) is 6.86. The first-order chi connectivity index (χ1) is 8.20. The molecular formula is C12H17BrClN3. The molecule has 1 fully saturated rings. The highest BCUT2D eigenvalue weighted by molar-refractivity contribution is 9.10. The molecule has 1 aliphatic heterocycles. The molecule has 0 bridgehead atoms. The van der Waals surface area contributed by atoms with Crippen molar-refractivity contribution in [1.29, 1.82) is 0 Å². The van der Waals surface area contributed by atoms with Crippen LogP contribution in [-0.2, 0) is 0 Å². The molecular weight excluding hydrogens is 302 g/mol. The molecule has 17 heavy (non-hydrogen) atoms. The lowest BCUT2D eigenvalue weighted by atomic mass is 9.92. The van der Waals surface area contributed by atoms with Crippen LogP contribution in [0.25, 0.3) is 0 Å². The third-order valence-electron chi connectivity index (χ3n) is 3.31. The van der Waals surface area contributed by atoms with E-state index in [2.05, 4.69) is 37.7 Å². The van der Waals surface area contributed by atoms with Crippen LogP contribution in [0.4, 0.5) is 5.82 Å². The van der Waals surface area contributed by atoms with Gasteiger partial charge in [0, 0.05) is 19.3 Å². The molecule has 1 saturated heterocycles. The van der Waals surface area contributed by atoms with Gasteiger partial charge in [0.15, 0.2) is 0 Å². The van der Waals surface area contributed by atoms with Crippen LogP contribution in [0.1, 0.15) is 32.6 Å². The van der Waals surface area contributed by atoms with Crippen LogP contribution in [0, 0.1) is 5.92 Å². The smallest absolute Gasteiger partial charge is 0.224 e. The summed E-state index contributed by atoms with van der Waals surface area (Å²) in [5, 5.41) is 0.318. The lowest BCUT2D eigenvalue weighted by Gasteiger charge is -2.33. The summed E-state index contributed by atoms with van der Waals surface area (Å²) < 4.78 is 0.927. The average molecular weight is 319 g/mol. The Morgan fingerprint density at radius 2 is 2.18 bits per heavy atom. The Bertz CT molecular complexity index is 378. The Morgan fingerprint density at radius 3 is 2.82 bits per heavy atom. The fourth-order valence-electron chi connectivity index (χ4n) is 2.40. The molecule has 2 rings (SSSR count). The van der Waals surface area contributed by atoms with Gasteiger partial charge >= 0.3 is 0 Å². The first kappa shape index (κ1) is 13.1. The van der Waals surface area contributed by atoms with Crippen molar-refractivity contribution in [3.05, 3.63) is 16.0 Å². The first-order valence-electron chi connectivity index (χ1n) is 6.13. The highest BCUT2D eigenvalue weighted by Crippen LogP contribution is 2.29. The zero-order valence-electron chi connectivity index (χ0n) is 9.99. The molecule has 0 spiro atoms. The van der Waals surface area contributed by atoms with E-state index >= 15 is 0 Å². The SMILES string of the molecule is CCCC1CCN(c2nc(Cl)ncc2Br)CC1. The number of hydrogen-bond acceptors (Lipinski definition) is 3. The molecule has 0 radical (unpaired) electrons. The Kier molecular flexibility index (Phi) is 4.62. The summed E-state index contributed by atoms with van der Waals surface area (Å²) in [5.74, 6) is 1.81. The average Bonchev–Trinajstić information content (AvgIpc) is 2.34. The van der Waals surface area contributed by atoms with Crippen molar-refractivity contribution in [3.63, 3.8) is 0 Å². The molecule has 1 aliphatic rings. The van der Waals surface area contributed by atoms with Gasteiger partial charge in [-0.15, -0.1) is 0 Å². The Morgan fingerprint density at radius 1 is 1.47 bits per heavy atom. The Balaban J connectivity index is 2.02. The van der Waals surface area contributed by atoms with Gasteiger partial charge in [0.05, 0.1) is 4.47 Å². The van der Waals surface area contributed by atoms with Crippen molar-refractivity contribution in [2.45, 2.75) is 32.6 Å². The summed E-state index contributed by atoms with van der Waals surface area (Å²) in [7, 11) is 0. The van der Waals surface area contributed by atoms with Gasteiger partial charge in [0.1, 0.15) is 5.82 Å². The topological polar surface area (TPSA) is 29.0 Å². The van der Waals surface area contributed by atoms with E-state index in [1.54, 1.807) is 6.20 Å². The number of nitrogens with zero attached hydrogens (tertiary/aromatic N) is 3. The third-order valence-corrected chi connectivity index (χ3v) is 4.05. The zero-order chi connectivity index (χ0) is 12.3. The van der Waals surface area contributed by atoms with E-state index < -0.39 is 0 Å². The quantitative estimate of drug-likeness (QED) is 0.791. The largest absolute Gasteiger partial charge is 0.356 e. The molecule has 0 unspecified atom stereocenters. The van der Waals surface area contributed by atoms with Gasteiger partial charge in [0.25, 0.3) is 0 Å². The molecule has 2 heterocycles. The highest BCUT2D eigenvalue weighted by atomic mass is 79.9. The summed E-state index contributed by atoms with van der Waals surface area (Å²) in [6, 6.07) is 0. The minimum absolute atomic E-state index is 0.318. The van der Waals surface area contributed by atoms with Crippen LogP contribution < -0.4 is 4.90 Å². The molecule has 0 saturated carbocycles. The van der Waals surface area contributed by atoms with Crippen LogP contribution in [0.15, 0.2) is 10.7 Å². The first-order valence-corrected chi connectivity index (χ1v) is 7.30. The summed E-state index contributed by atoms with van der Waals surface area (Å²) >= 11 is 9.33. The Hall–Kier alpha value is -0.350. The second-order valence-corrected chi connectivity index (χ2v) is 5.72. The molecule has 0 N–H and O–H groups in total. The fraction of sp³-hybridized carbons (Fsp3) is 0.667. The monoisotopic (exact) mass is 317 g/mol. The molecule has 5 heteroatoms. The number of anilines is 1. The van der Waals surface area contributed by atoms with Gasteiger partial charge in [-0.05, 0) is 46.3 Å². The summed E-state index contributed by atoms with van der Waals surface area (Å²) in [4.78, 5) is 10.6. The molecule has 0 aliphatic carbocycles. The van der Waals surface area contributed by atoms with E-state index in [-0.39, 0.29) is 0 Å². The van der Waals surface area contributed by atoms with Crippen LogP contribution in [-0.4, -0.2) is 23.1 Å². The molecule has 3 nitrogen and oxygen atoms in total. The van der Waals surface area contributed by atoms with Gasteiger partial charge < -0.3 is 4.90 Å². The molecule has 0 atom stereocenters.